The second-order valence-corrected chi connectivity index (χ2v) is 8.06. The number of benzene rings is 3. The van der Waals surface area contributed by atoms with Crippen LogP contribution < -0.4 is 20.1 Å². The molecule has 0 atom stereocenters. The minimum atomic E-state index is -0.435. The van der Waals surface area contributed by atoms with E-state index in [2.05, 4.69) is 26.6 Å². The molecule has 1 amide bonds. The van der Waals surface area contributed by atoms with Gasteiger partial charge in [0.05, 0.1) is 16.0 Å². The SMILES string of the molecule is CCOc1cc(CNc2ccc([N+](=O)[O-])cc2)cc(Br)c1OCC(=O)Nc1cccc(C)c1. The van der Waals surface area contributed by atoms with Gasteiger partial charge >= 0.3 is 0 Å². The number of non-ortho nitro benzene ring substituents is 1. The van der Waals surface area contributed by atoms with E-state index >= 15 is 0 Å². The van der Waals surface area contributed by atoms with Gasteiger partial charge in [-0.1, -0.05) is 12.1 Å². The normalized spacial score (nSPS) is 10.4. The molecule has 0 heterocycles. The minimum Gasteiger partial charge on any atom is -0.490 e. The smallest absolute Gasteiger partial charge is 0.269 e. The van der Waals surface area contributed by atoms with Gasteiger partial charge in [-0.05, 0) is 77.3 Å². The fourth-order valence-electron chi connectivity index (χ4n) is 3.09. The van der Waals surface area contributed by atoms with E-state index in [0.29, 0.717) is 34.8 Å². The Labute approximate surface area is 200 Å². The second kappa shape index (κ2) is 11.3. The lowest BCUT2D eigenvalue weighted by Gasteiger charge is -2.16. The first-order valence-electron chi connectivity index (χ1n) is 10.3. The summed E-state index contributed by atoms with van der Waals surface area (Å²) in [5, 5.41) is 16.8. The van der Waals surface area contributed by atoms with Crippen LogP contribution in [0.25, 0.3) is 0 Å². The Hall–Kier alpha value is -3.59. The number of aryl methyl sites for hydroxylation is 1. The molecule has 0 unspecified atom stereocenters. The van der Waals surface area contributed by atoms with E-state index < -0.39 is 4.92 Å². The van der Waals surface area contributed by atoms with Crippen LogP contribution in [0.2, 0.25) is 0 Å². The van der Waals surface area contributed by atoms with Crippen LogP contribution in [0.15, 0.2) is 65.1 Å². The first-order chi connectivity index (χ1) is 15.9. The van der Waals surface area contributed by atoms with E-state index in [1.165, 1.54) is 12.1 Å². The summed E-state index contributed by atoms with van der Waals surface area (Å²) in [7, 11) is 0. The number of rotatable bonds is 10. The quantitative estimate of drug-likeness (QED) is 0.266. The summed E-state index contributed by atoms with van der Waals surface area (Å²) < 4.78 is 12.1. The fraction of sp³-hybridized carbons (Fsp3) is 0.208. The van der Waals surface area contributed by atoms with Gasteiger partial charge in [0.1, 0.15) is 0 Å². The molecule has 0 saturated heterocycles. The van der Waals surface area contributed by atoms with Crippen LogP contribution in [-0.4, -0.2) is 24.0 Å². The number of hydrogen-bond acceptors (Lipinski definition) is 6. The van der Waals surface area contributed by atoms with Crippen molar-refractivity contribution in [2.75, 3.05) is 23.8 Å². The highest BCUT2D eigenvalue weighted by Gasteiger charge is 2.15. The number of amides is 1. The van der Waals surface area contributed by atoms with E-state index in [9.17, 15) is 14.9 Å². The third kappa shape index (κ3) is 6.95. The average Bonchev–Trinajstić information content (AvgIpc) is 2.77. The third-order valence-corrected chi connectivity index (χ3v) is 5.18. The van der Waals surface area contributed by atoms with Crippen LogP contribution in [0, 0.1) is 17.0 Å². The van der Waals surface area contributed by atoms with Gasteiger partial charge in [0.15, 0.2) is 18.1 Å². The Morgan fingerprint density at radius 3 is 2.48 bits per heavy atom. The van der Waals surface area contributed by atoms with Crippen molar-refractivity contribution in [2.24, 2.45) is 0 Å². The van der Waals surface area contributed by atoms with Crippen molar-refractivity contribution in [1.29, 1.82) is 0 Å². The lowest BCUT2D eigenvalue weighted by atomic mass is 10.2. The third-order valence-electron chi connectivity index (χ3n) is 4.59. The van der Waals surface area contributed by atoms with Gasteiger partial charge in [-0.3, -0.25) is 14.9 Å². The van der Waals surface area contributed by atoms with Crippen LogP contribution in [0.3, 0.4) is 0 Å². The maximum atomic E-state index is 12.3. The van der Waals surface area contributed by atoms with E-state index in [-0.39, 0.29) is 18.2 Å². The van der Waals surface area contributed by atoms with Crippen LogP contribution in [0.4, 0.5) is 17.1 Å². The zero-order valence-corrected chi connectivity index (χ0v) is 19.8. The maximum absolute atomic E-state index is 12.3. The van der Waals surface area contributed by atoms with Gasteiger partial charge < -0.3 is 20.1 Å². The Balaban J connectivity index is 1.65. The van der Waals surface area contributed by atoms with Crippen molar-refractivity contribution in [3.05, 3.63) is 86.4 Å². The molecule has 0 aliphatic rings. The van der Waals surface area contributed by atoms with E-state index in [0.717, 1.165) is 16.8 Å². The lowest BCUT2D eigenvalue weighted by molar-refractivity contribution is -0.384. The predicted molar refractivity (Wildman–Crippen MR) is 131 cm³/mol. The molecule has 0 aliphatic heterocycles. The average molecular weight is 514 g/mol. The topological polar surface area (TPSA) is 103 Å². The van der Waals surface area contributed by atoms with Gasteiger partial charge in [-0.2, -0.15) is 0 Å². The van der Waals surface area contributed by atoms with Gasteiger partial charge in [-0.15, -0.1) is 0 Å². The molecule has 3 aromatic rings. The summed E-state index contributed by atoms with van der Waals surface area (Å²) in [4.78, 5) is 22.7. The molecular formula is C24H24BrN3O5. The molecule has 0 saturated carbocycles. The van der Waals surface area contributed by atoms with Gasteiger partial charge in [0, 0.05) is 30.1 Å². The second-order valence-electron chi connectivity index (χ2n) is 7.20. The number of nitrogens with zero attached hydrogens (tertiary/aromatic N) is 1. The number of nitrogens with one attached hydrogen (secondary N) is 2. The largest absolute Gasteiger partial charge is 0.490 e. The number of nitro benzene ring substituents is 1. The van der Waals surface area contributed by atoms with Crippen LogP contribution in [0.1, 0.15) is 18.1 Å². The van der Waals surface area contributed by atoms with Crippen LogP contribution in [-0.2, 0) is 11.3 Å². The molecule has 2 N–H and O–H groups in total. The molecule has 0 bridgehead atoms. The minimum absolute atomic E-state index is 0.0369. The number of nitro groups is 1. The van der Waals surface area contributed by atoms with Crippen molar-refractivity contribution in [2.45, 2.75) is 20.4 Å². The van der Waals surface area contributed by atoms with Gasteiger partial charge in [0.25, 0.3) is 11.6 Å². The summed E-state index contributed by atoms with van der Waals surface area (Å²) in [5.41, 5.74) is 3.45. The molecular weight excluding hydrogens is 490 g/mol. The number of ether oxygens (including phenoxy) is 2. The van der Waals surface area contributed by atoms with E-state index in [1.54, 1.807) is 12.1 Å². The van der Waals surface area contributed by atoms with Gasteiger partial charge in [0.2, 0.25) is 0 Å². The zero-order valence-electron chi connectivity index (χ0n) is 18.3. The molecule has 0 aromatic heterocycles. The van der Waals surface area contributed by atoms with Gasteiger partial charge in [-0.25, -0.2) is 0 Å². The standard InChI is InChI=1S/C24H24BrN3O5/c1-3-32-22-13-17(14-26-18-7-9-20(10-8-18)28(30)31)12-21(25)24(22)33-15-23(29)27-19-6-4-5-16(2)11-19/h4-13,26H,3,14-15H2,1-2H3,(H,27,29). The van der Waals surface area contributed by atoms with Crippen molar-refractivity contribution in [1.82, 2.24) is 0 Å². The number of carbonyl (C=O) groups is 1. The fourth-order valence-corrected chi connectivity index (χ4v) is 3.69. The summed E-state index contributed by atoms with van der Waals surface area (Å²) in [5.74, 6) is 0.671. The Morgan fingerprint density at radius 1 is 1.06 bits per heavy atom. The highest BCUT2D eigenvalue weighted by Crippen LogP contribution is 2.37. The Morgan fingerprint density at radius 2 is 1.82 bits per heavy atom. The molecule has 3 rings (SSSR count). The van der Waals surface area contributed by atoms with Crippen LogP contribution >= 0.6 is 15.9 Å². The monoisotopic (exact) mass is 513 g/mol. The molecule has 0 radical (unpaired) electrons. The van der Waals surface area contributed by atoms with Crippen molar-refractivity contribution < 1.29 is 19.2 Å². The highest BCUT2D eigenvalue weighted by molar-refractivity contribution is 9.10. The molecule has 0 fully saturated rings. The Kier molecular flexibility index (Phi) is 8.26. The number of anilines is 2. The Bertz CT molecular complexity index is 1140. The summed E-state index contributed by atoms with van der Waals surface area (Å²) in [6.07, 6.45) is 0. The molecule has 3 aromatic carbocycles. The zero-order chi connectivity index (χ0) is 23.8. The van der Waals surface area contributed by atoms with Crippen molar-refractivity contribution in [3.8, 4) is 11.5 Å². The first kappa shape index (κ1) is 24.1. The molecule has 0 spiro atoms. The van der Waals surface area contributed by atoms with E-state index in [4.69, 9.17) is 9.47 Å². The summed E-state index contributed by atoms with van der Waals surface area (Å²) in [6, 6.07) is 17.4. The predicted octanol–water partition coefficient (Wildman–Crippen LogP) is 5.69. The molecule has 8 nitrogen and oxygen atoms in total. The summed E-state index contributed by atoms with van der Waals surface area (Å²) >= 11 is 3.51. The van der Waals surface area contributed by atoms with E-state index in [1.807, 2.05) is 50.2 Å². The molecule has 172 valence electrons. The number of carbonyl (C=O) groups excluding carboxylic acids is 1. The summed E-state index contributed by atoms with van der Waals surface area (Å²) in [6.45, 7) is 4.54. The maximum Gasteiger partial charge on any atom is 0.269 e. The lowest BCUT2D eigenvalue weighted by Crippen LogP contribution is -2.20. The number of halogens is 1. The molecule has 33 heavy (non-hydrogen) atoms. The number of hydrogen-bond donors (Lipinski definition) is 2. The van der Waals surface area contributed by atoms with Crippen molar-refractivity contribution in [3.63, 3.8) is 0 Å². The molecule has 0 aliphatic carbocycles. The first-order valence-corrected chi connectivity index (χ1v) is 11.1. The molecule has 9 heteroatoms. The highest BCUT2D eigenvalue weighted by atomic mass is 79.9. The van der Waals surface area contributed by atoms with Crippen molar-refractivity contribution >= 4 is 38.9 Å². The van der Waals surface area contributed by atoms with Crippen LogP contribution in [0.5, 0.6) is 11.5 Å².